The van der Waals surface area contributed by atoms with Crippen molar-refractivity contribution in [3.63, 3.8) is 0 Å². The van der Waals surface area contributed by atoms with Crippen molar-refractivity contribution in [2.24, 2.45) is 5.92 Å². The van der Waals surface area contributed by atoms with Gasteiger partial charge in [0.15, 0.2) is 0 Å². The standard InChI is InChI=1S/C21H31N5O2S2/c1-15-6-8-24(9-7-15)14-18-22-20(25-10-12-26(13-11-25)30(2,27)28)19-16-4-3-5-17(16)29-21(19)23-18/h15H,3-14H2,1-2H3. The SMILES string of the molecule is CC1CCN(Cc2nc(N3CCN(S(C)(=O)=O)CC3)c3c4c(sc3n2)CCC4)CC1. The highest BCUT2D eigenvalue weighted by Gasteiger charge is 2.29. The smallest absolute Gasteiger partial charge is 0.211 e. The van der Waals surface area contributed by atoms with E-state index in [0.717, 1.165) is 54.9 Å². The van der Waals surface area contributed by atoms with Gasteiger partial charge in [-0.25, -0.2) is 18.4 Å². The Morgan fingerprint density at radius 3 is 2.47 bits per heavy atom. The first-order valence-electron chi connectivity index (χ1n) is 11.1. The molecule has 0 saturated carbocycles. The zero-order chi connectivity index (χ0) is 20.9. The number of anilines is 1. The molecule has 0 amide bonds. The van der Waals surface area contributed by atoms with Gasteiger partial charge in [-0.15, -0.1) is 11.3 Å². The summed E-state index contributed by atoms with van der Waals surface area (Å²) in [5, 5.41) is 1.23. The molecule has 4 heterocycles. The Bertz CT molecular complexity index is 1040. The number of aryl methyl sites for hydroxylation is 2. The molecule has 1 aliphatic carbocycles. The normalized spacial score (nSPS) is 22.1. The van der Waals surface area contributed by atoms with Crippen molar-refractivity contribution in [3.8, 4) is 0 Å². The maximum Gasteiger partial charge on any atom is 0.211 e. The fourth-order valence-corrected chi connectivity index (χ4v) is 7.07. The third kappa shape index (κ3) is 3.97. The number of piperidine rings is 1. The number of piperazine rings is 1. The van der Waals surface area contributed by atoms with Gasteiger partial charge in [-0.1, -0.05) is 6.92 Å². The van der Waals surface area contributed by atoms with Gasteiger partial charge >= 0.3 is 0 Å². The predicted molar refractivity (Wildman–Crippen MR) is 122 cm³/mol. The Labute approximate surface area is 183 Å². The van der Waals surface area contributed by atoms with Gasteiger partial charge in [0.1, 0.15) is 16.5 Å². The number of thiophene rings is 1. The first-order valence-corrected chi connectivity index (χ1v) is 13.8. The topological polar surface area (TPSA) is 69.6 Å². The lowest BCUT2D eigenvalue weighted by molar-refractivity contribution is 0.181. The Hall–Kier alpha value is -1.29. The van der Waals surface area contributed by atoms with E-state index in [0.29, 0.717) is 26.2 Å². The Kier molecular flexibility index (Phi) is 5.49. The molecule has 2 saturated heterocycles. The molecule has 0 N–H and O–H groups in total. The van der Waals surface area contributed by atoms with Gasteiger partial charge in [-0.2, -0.15) is 4.31 Å². The van der Waals surface area contributed by atoms with E-state index in [1.807, 2.05) is 11.3 Å². The summed E-state index contributed by atoms with van der Waals surface area (Å²) in [5.41, 5.74) is 1.44. The van der Waals surface area contributed by atoms with E-state index < -0.39 is 10.0 Å². The van der Waals surface area contributed by atoms with Crippen molar-refractivity contribution in [1.82, 2.24) is 19.2 Å². The number of hydrogen-bond acceptors (Lipinski definition) is 7. The fourth-order valence-electron chi connectivity index (χ4n) is 4.97. The van der Waals surface area contributed by atoms with E-state index in [-0.39, 0.29) is 0 Å². The number of fused-ring (bicyclic) bond motifs is 3. The molecule has 30 heavy (non-hydrogen) atoms. The molecule has 9 heteroatoms. The van der Waals surface area contributed by atoms with Crippen LogP contribution >= 0.6 is 11.3 Å². The summed E-state index contributed by atoms with van der Waals surface area (Å²) in [7, 11) is -3.14. The van der Waals surface area contributed by atoms with Gasteiger partial charge in [0.05, 0.1) is 18.2 Å². The minimum absolute atomic E-state index is 0.524. The maximum atomic E-state index is 11.9. The zero-order valence-corrected chi connectivity index (χ0v) is 19.6. The molecule has 0 bridgehead atoms. The van der Waals surface area contributed by atoms with Crippen LogP contribution in [0.4, 0.5) is 5.82 Å². The molecule has 0 spiro atoms. The Morgan fingerprint density at radius 1 is 1.03 bits per heavy atom. The van der Waals surface area contributed by atoms with Crippen LogP contribution in [0.25, 0.3) is 10.2 Å². The highest BCUT2D eigenvalue weighted by Crippen LogP contribution is 2.41. The largest absolute Gasteiger partial charge is 0.353 e. The molecule has 0 radical (unpaired) electrons. The van der Waals surface area contributed by atoms with Crippen LogP contribution in [0.3, 0.4) is 0 Å². The highest BCUT2D eigenvalue weighted by molar-refractivity contribution is 7.88. The second-order valence-electron chi connectivity index (χ2n) is 9.11. The van der Waals surface area contributed by atoms with Gasteiger partial charge in [-0.05, 0) is 56.7 Å². The van der Waals surface area contributed by atoms with Crippen LogP contribution < -0.4 is 4.90 Å². The third-order valence-corrected chi connectivity index (χ3v) is 9.33. The van der Waals surface area contributed by atoms with Crippen LogP contribution in [0.5, 0.6) is 0 Å². The van der Waals surface area contributed by atoms with Gasteiger partial charge in [-0.3, -0.25) is 4.90 Å². The van der Waals surface area contributed by atoms with Crippen molar-refractivity contribution in [3.05, 3.63) is 16.3 Å². The summed E-state index contributed by atoms with van der Waals surface area (Å²) in [6.45, 7) is 7.79. The minimum atomic E-state index is -3.14. The zero-order valence-electron chi connectivity index (χ0n) is 17.9. The lowest BCUT2D eigenvalue weighted by atomic mass is 9.99. The Balaban J connectivity index is 1.46. The number of rotatable bonds is 4. The predicted octanol–water partition coefficient (Wildman–Crippen LogP) is 2.49. The molecule has 2 aromatic rings. The molecular formula is C21H31N5O2S2. The third-order valence-electron chi connectivity index (χ3n) is 6.84. The van der Waals surface area contributed by atoms with Gasteiger partial charge < -0.3 is 4.90 Å². The molecule has 0 atom stereocenters. The van der Waals surface area contributed by atoms with E-state index in [2.05, 4.69) is 16.7 Å². The van der Waals surface area contributed by atoms with Crippen molar-refractivity contribution >= 4 is 37.4 Å². The summed E-state index contributed by atoms with van der Waals surface area (Å²) in [4.78, 5) is 17.4. The maximum absolute atomic E-state index is 11.9. The first-order chi connectivity index (χ1) is 14.4. The number of likely N-dealkylation sites (tertiary alicyclic amines) is 1. The molecule has 0 aromatic carbocycles. The number of hydrogen-bond donors (Lipinski definition) is 0. The first kappa shape index (κ1) is 20.6. The second kappa shape index (κ2) is 8.00. The summed E-state index contributed by atoms with van der Waals surface area (Å²) in [6.07, 6.45) is 7.27. The summed E-state index contributed by atoms with van der Waals surface area (Å²) in [5.74, 6) is 2.76. The van der Waals surface area contributed by atoms with E-state index in [4.69, 9.17) is 9.97 Å². The van der Waals surface area contributed by atoms with Crippen LogP contribution in [0.2, 0.25) is 0 Å². The second-order valence-corrected chi connectivity index (χ2v) is 12.2. The molecule has 2 fully saturated rings. The molecule has 2 aromatic heterocycles. The van der Waals surface area contributed by atoms with Gasteiger partial charge in [0, 0.05) is 31.1 Å². The number of nitrogens with zero attached hydrogens (tertiary/aromatic N) is 5. The number of sulfonamides is 1. The fraction of sp³-hybridized carbons (Fsp3) is 0.714. The van der Waals surface area contributed by atoms with Crippen molar-refractivity contribution in [2.45, 2.75) is 45.6 Å². The van der Waals surface area contributed by atoms with E-state index >= 15 is 0 Å². The van der Waals surface area contributed by atoms with E-state index in [1.165, 1.54) is 41.3 Å². The lowest BCUT2D eigenvalue weighted by Gasteiger charge is -2.35. The molecule has 164 valence electrons. The van der Waals surface area contributed by atoms with Crippen LogP contribution in [0.1, 0.15) is 42.5 Å². The van der Waals surface area contributed by atoms with Crippen molar-refractivity contribution < 1.29 is 8.42 Å². The van der Waals surface area contributed by atoms with Crippen LogP contribution in [-0.2, 0) is 29.4 Å². The molecule has 3 aliphatic rings. The quantitative estimate of drug-likeness (QED) is 0.714. The molecule has 5 rings (SSSR count). The average molecular weight is 450 g/mol. The summed E-state index contributed by atoms with van der Waals surface area (Å²) >= 11 is 1.84. The Morgan fingerprint density at radius 2 is 1.77 bits per heavy atom. The molecule has 0 unspecified atom stereocenters. The highest BCUT2D eigenvalue weighted by atomic mass is 32.2. The number of aromatic nitrogens is 2. The average Bonchev–Trinajstić information content (AvgIpc) is 3.29. The van der Waals surface area contributed by atoms with Crippen LogP contribution in [-0.4, -0.2) is 73.1 Å². The van der Waals surface area contributed by atoms with Crippen LogP contribution in [0.15, 0.2) is 0 Å². The lowest BCUT2D eigenvalue weighted by Crippen LogP contribution is -2.48. The van der Waals surface area contributed by atoms with Crippen molar-refractivity contribution in [2.75, 3.05) is 50.4 Å². The van der Waals surface area contributed by atoms with Gasteiger partial charge in [0.2, 0.25) is 10.0 Å². The van der Waals surface area contributed by atoms with Gasteiger partial charge in [0.25, 0.3) is 0 Å². The van der Waals surface area contributed by atoms with E-state index in [1.54, 1.807) is 4.31 Å². The van der Waals surface area contributed by atoms with Crippen molar-refractivity contribution in [1.29, 1.82) is 0 Å². The molecular weight excluding hydrogens is 418 g/mol. The monoisotopic (exact) mass is 449 g/mol. The summed E-state index contributed by atoms with van der Waals surface area (Å²) < 4.78 is 25.4. The minimum Gasteiger partial charge on any atom is -0.353 e. The molecule has 2 aliphatic heterocycles. The summed E-state index contributed by atoms with van der Waals surface area (Å²) in [6, 6.07) is 0. The van der Waals surface area contributed by atoms with Crippen LogP contribution in [0, 0.1) is 5.92 Å². The molecule has 7 nitrogen and oxygen atoms in total. The van der Waals surface area contributed by atoms with E-state index in [9.17, 15) is 8.42 Å².